The number of aromatic amines is 2. The number of esters is 2. The van der Waals surface area contributed by atoms with Gasteiger partial charge in [-0.15, -0.1) is 0 Å². The van der Waals surface area contributed by atoms with Crippen molar-refractivity contribution in [2.75, 3.05) is 46.2 Å². The minimum atomic E-state index is -1.44. The maximum Gasteiger partial charge on any atom is 0.323 e. The number of hydrogen-bond acceptors (Lipinski definition) is 13. The van der Waals surface area contributed by atoms with Gasteiger partial charge in [0.15, 0.2) is 28.7 Å². The van der Waals surface area contributed by atoms with Crippen molar-refractivity contribution in [2.24, 2.45) is 5.41 Å². The molecule has 2 aliphatic rings. The Morgan fingerprint density at radius 2 is 0.918 bits per heavy atom. The van der Waals surface area contributed by atoms with Gasteiger partial charge >= 0.3 is 11.9 Å². The topological polar surface area (TPSA) is 189 Å². The molecule has 0 saturated heterocycles. The molecule has 0 fully saturated rings. The largest absolute Gasteiger partial charge is 0.491 e. The Bertz CT molecular complexity index is 2960. The zero-order valence-corrected chi connectivity index (χ0v) is 33.9. The lowest BCUT2D eigenvalue weighted by molar-refractivity contribution is -0.172. The summed E-state index contributed by atoms with van der Waals surface area (Å²) in [6.45, 7) is 6.49. The molecule has 15 heteroatoms. The molecule has 7 aromatic rings. The second kappa shape index (κ2) is 16.9. The molecule has 15 nitrogen and oxygen atoms in total. The molecule has 2 N–H and O–H groups in total. The highest BCUT2D eigenvalue weighted by Crippen LogP contribution is 2.38. The Labute approximate surface area is 349 Å². The molecule has 8 bridgehead atoms. The minimum absolute atomic E-state index is 0.121. The van der Waals surface area contributed by atoms with Crippen LogP contribution in [0, 0.1) is 5.41 Å². The van der Waals surface area contributed by atoms with E-state index in [1.807, 2.05) is 91.0 Å². The summed E-state index contributed by atoms with van der Waals surface area (Å²) in [7, 11) is 0. The molecule has 0 atom stereocenters. The second-order valence-electron chi connectivity index (χ2n) is 14.6. The van der Waals surface area contributed by atoms with E-state index in [4.69, 9.17) is 53.6 Å². The maximum atomic E-state index is 12.5. The Balaban J connectivity index is 0.989. The zero-order chi connectivity index (χ0) is 41.9. The van der Waals surface area contributed by atoms with Crippen LogP contribution in [0.4, 0.5) is 0 Å². The first kappa shape index (κ1) is 39.4. The summed E-state index contributed by atoms with van der Waals surface area (Å²) in [5.41, 5.74) is 4.30. The summed E-state index contributed by atoms with van der Waals surface area (Å²) < 4.78 is 27.8. The third-order valence-corrected chi connectivity index (χ3v) is 10.6. The van der Waals surface area contributed by atoms with E-state index in [2.05, 4.69) is 9.97 Å². The molecule has 2 aliphatic heterocycles. The summed E-state index contributed by atoms with van der Waals surface area (Å²) in [6, 6.07) is 29.6. The predicted molar refractivity (Wildman–Crippen MR) is 229 cm³/mol. The summed E-state index contributed by atoms with van der Waals surface area (Å²) in [5.74, 6) is 1.38. The van der Waals surface area contributed by atoms with Crippen molar-refractivity contribution in [2.45, 2.75) is 27.2 Å². The quantitative estimate of drug-likeness (QED) is 0.0615. The third kappa shape index (κ3) is 7.64. The van der Waals surface area contributed by atoms with Crippen molar-refractivity contribution in [3.8, 4) is 51.3 Å². The Hall–Kier alpha value is -7.10. The number of ether oxygens (including phenoxy) is 5. The first-order valence-electron chi connectivity index (χ1n) is 20.2. The second-order valence-corrected chi connectivity index (χ2v) is 14.6. The number of carbonyl (C=O) groups excluding carboxylic acids is 2. The van der Waals surface area contributed by atoms with Crippen LogP contribution in [0.25, 0.3) is 89.7 Å². The van der Waals surface area contributed by atoms with Crippen LogP contribution in [-0.4, -0.2) is 98.1 Å². The number of carbonyl (C=O) groups is 2. The molecule has 0 amide bonds. The SMILES string of the molecule is CCOC(=O)C(C)(CCOCCOCCOc1ccc2c(c1)-c1nc-2nc2[nH]c(nc3nc(nc4[nH]c(n1)c1ccccc41)-c1ccccc1-3)c1ccccc21)C(=O)OCC. The number of benzene rings is 4. The summed E-state index contributed by atoms with van der Waals surface area (Å²) in [4.78, 5) is 62.2. The molecule has 0 saturated carbocycles. The number of nitrogens with zero attached hydrogens (tertiary/aromatic N) is 6. The molecule has 4 aromatic carbocycles. The van der Waals surface area contributed by atoms with Crippen LogP contribution in [0.5, 0.6) is 5.75 Å². The van der Waals surface area contributed by atoms with Gasteiger partial charge in [0, 0.05) is 50.4 Å². The van der Waals surface area contributed by atoms with Crippen LogP contribution in [0.2, 0.25) is 0 Å². The first-order valence-corrected chi connectivity index (χ1v) is 20.2. The van der Waals surface area contributed by atoms with Crippen molar-refractivity contribution in [3.63, 3.8) is 0 Å². The Morgan fingerprint density at radius 1 is 0.508 bits per heavy atom. The van der Waals surface area contributed by atoms with Gasteiger partial charge in [-0.05, 0) is 45.4 Å². The van der Waals surface area contributed by atoms with Gasteiger partial charge in [0.2, 0.25) is 0 Å². The van der Waals surface area contributed by atoms with Crippen molar-refractivity contribution in [1.82, 2.24) is 39.9 Å². The lowest BCUT2D eigenvalue weighted by Gasteiger charge is -2.24. The van der Waals surface area contributed by atoms with Crippen molar-refractivity contribution in [3.05, 3.63) is 91.0 Å². The number of H-pyrrole nitrogens is 2. The van der Waals surface area contributed by atoms with E-state index in [1.54, 1.807) is 13.8 Å². The van der Waals surface area contributed by atoms with Crippen LogP contribution in [0.3, 0.4) is 0 Å². The number of hydrogen-bond donors (Lipinski definition) is 2. The summed E-state index contributed by atoms with van der Waals surface area (Å²) >= 11 is 0. The lowest BCUT2D eigenvalue weighted by Crippen LogP contribution is -2.40. The van der Waals surface area contributed by atoms with Crippen LogP contribution in [0.1, 0.15) is 27.2 Å². The van der Waals surface area contributed by atoms with E-state index < -0.39 is 17.4 Å². The fourth-order valence-electron chi connectivity index (χ4n) is 7.40. The predicted octanol–water partition coefficient (Wildman–Crippen LogP) is 7.80. The van der Waals surface area contributed by atoms with Gasteiger partial charge in [0.1, 0.15) is 34.9 Å². The third-order valence-electron chi connectivity index (χ3n) is 10.6. The van der Waals surface area contributed by atoms with Gasteiger partial charge in [-0.3, -0.25) is 9.59 Å². The maximum absolute atomic E-state index is 12.5. The van der Waals surface area contributed by atoms with E-state index in [-0.39, 0.29) is 39.5 Å². The monoisotopic (exact) mass is 818 g/mol. The Morgan fingerprint density at radius 3 is 1.39 bits per heavy atom. The smallest absolute Gasteiger partial charge is 0.323 e. The van der Waals surface area contributed by atoms with Crippen LogP contribution in [0.15, 0.2) is 91.0 Å². The van der Waals surface area contributed by atoms with E-state index in [0.29, 0.717) is 64.8 Å². The molecule has 0 aliphatic carbocycles. The van der Waals surface area contributed by atoms with Gasteiger partial charge in [0.25, 0.3) is 0 Å². The molecule has 61 heavy (non-hydrogen) atoms. The van der Waals surface area contributed by atoms with E-state index in [1.165, 1.54) is 6.92 Å². The molecule has 5 heterocycles. The number of aromatic nitrogens is 8. The van der Waals surface area contributed by atoms with Gasteiger partial charge in [0.05, 0.1) is 33.0 Å². The Kier molecular flexibility index (Phi) is 10.9. The molecule has 0 spiro atoms. The first-order chi connectivity index (χ1) is 29.8. The molecular weight excluding hydrogens is 777 g/mol. The van der Waals surface area contributed by atoms with Crippen LogP contribution in [-0.2, 0) is 28.5 Å². The lowest BCUT2D eigenvalue weighted by atomic mass is 9.87. The van der Waals surface area contributed by atoms with Gasteiger partial charge in [-0.25, -0.2) is 29.9 Å². The van der Waals surface area contributed by atoms with Crippen LogP contribution < -0.4 is 4.74 Å². The van der Waals surface area contributed by atoms with Crippen molar-refractivity contribution >= 4 is 56.1 Å². The molecule has 0 unspecified atom stereocenters. The summed E-state index contributed by atoms with van der Waals surface area (Å²) in [6.07, 6.45) is 0.121. The average Bonchev–Trinajstić information content (AvgIpc) is 4.01. The highest BCUT2D eigenvalue weighted by molar-refractivity contribution is 6.06. The zero-order valence-electron chi connectivity index (χ0n) is 33.9. The number of rotatable bonds is 14. The van der Waals surface area contributed by atoms with Gasteiger partial charge in [-0.2, -0.15) is 0 Å². The van der Waals surface area contributed by atoms with E-state index in [9.17, 15) is 9.59 Å². The standard InChI is InChI=1S/C46H42N8O7/c1-4-59-44(55)46(3,45(56)60-5-2)20-21-57-22-23-58-24-25-61-27-18-19-34-35(26-27)43-53-41-33-17-11-10-16-32(33)39(51-41)49-37-29-13-7-6-12-28(29)36(47-37)48-38-30-14-8-9-15-31(30)40(50-38)52-42(34)54-43/h6-19,26H,4-5,20-25H2,1-3H3,(H2,47,48,49,50,51,52,53,54). The van der Waals surface area contributed by atoms with E-state index >= 15 is 0 Å². The molecule has 0 radical (unpaired) electrons. The number of nitrogens with one attached hydrogen (secondary N) is 2. The molecular formula is C46H42N8O7. The highest BCUT2D eigenvalue weighted by Gasteiger charge is 2.44. The normalized spacial score (nSPS) is 12.0. The van der Waals surface area contributed by atoms with E-state index in [0.717, 1.165) is 43.8 Å². The molecule has 3 aromatic heterocycles. The number of fused-ring (bicyclic) bond motifs is 20. The fourth-order valence-corrected chi connectivity index (χ4v) is 7.40. The highest BCUT2D eigenvalue weighted by atomic mass is 16.6. The fraction of sp³-hybridized carbons (Fsp3) is 0.261. The molecule has 308 valence electrons. The minimum Gasteiger partial charge on any atom is -0.491 e. The van der Waals surface area contributed by atoms with Crippen molar-refractivity contribution in [1.29, 1.82) is 0 Å². The van der Waals surface area contributed by atoms with Gasteiger partial charge in [-0.1, -0.05) is 72.8 Å². The average molecular weight is 819 g/mol. The molecule has 9 rings (SSSR count). The van der Waals surface area contributed by atoms with Gasteiger partial charge < -0.3 is 33.7 Å². The van der Waals surface area contributed by atoms with Crippen molar-refractivity contribution < 1.29 is 33.3 Å². The summed E-state index contributed by atoms with van der Waals surface area (Å²) in [5, 5.41) is 3.54. The van der Waals surface area contributed by atoms with Crippen LogP contribution >= 0.6 is 0 Å².